The van der Waals surface area contributed by atoms with E-state index in [0.29, 0.717) is 17.8 Å². The Bertz CT molecular complexity index is 734. The molecule has 0 atom stereocenters. The van der Waals surface area contributed by atoms with E-state index in [1.54, 1.807) is 0 Å². The third-order valence-corrected chi connectivity index (χ3v) is 3.78. The highest BCUT2D eigenvalue weighted by Crippen LogP contribution is 2.21. The van der Waals surface area contributed by atoms with Gasteiger partial charge in [0.05, 0.1) is 6.61 Å². The van der Waals surface area contributed by atoms with E-state index in [4.69, 9.17) is 17.0 Å². The molecule has 1 heterocycles. The molecule has 0 fully saturated rings. The number of aryl methyl sites for hydroxylation is 1. The molecule has 0 bridgehead atoms. The Balaban J connectivity index is 2.32. The Morgan fingerprint density at radius 2 is 1.95 bits per heavy atom. The Morgan fingerprint density at radius 3 is 2.68 bits per heavy atom. The van der Waals surface area contributed by atoms with Crippen LogP contribution in [0.2, 0.25) is 0 Å². The summed E-state index contributed by atoms with van der Waals surface area (Å²) in [7, 11) is 0. The number of H-pyrrole nitrogens is 2. The molecule has 2 aromatic rings. The van der Waals surface area contributed by atoms with E-state index >= 15 is 0 Å². The van der Waals surface area contributed by atoms with E-state index in [1.807, 2.05) is 31.2 Å². The summed E-state index contributed by atoms with van der Waals surface area (Å²) in [5.41, 5.74) is 2.51. The molecule has 1 aromatic carbocycles. The number of hydrogen-bond acceptors (Lipinski definition) is 3. The van der Waals surface area contributed by atoms with Crippen LogP contribution < -0.4 is 10.3 Å². The van der Waals surface area contributed by atoms with Crippen molar-refractivity contribution >= 4 is 12.2 Å². The van der Waals surface area contributed by atoms with Gasteiger partial charge in [0.2, 0.25) is 0 Å². The van der Waals surface area contributed by atoms with Crippen molar-refractivity contribution in [2.45, 2.75) is 39.5 Å². The molecule has 1 aromatic heterocycles. The molecular formula is C17H22N2O2S. The lowest BCUT2D eigenvalue weighted by Crippen LogP contribution is -2.18. The fourth-order valence-corrected chi connectivity index (χ4v) is 2.57. The molecule has 5 heteroatoms. The predicted molar refractivity (Wildman–Crippen MR) is 91.3 cm³/mol. The Hall–Kier alpha value is -1.88. The minimum atomic E-state index is -0.121. The van der Waals surface area contributed by atoms with Crippen LogP contribution in [-0.4, -0.2) is 16.6 Å². The van der Waals surface area contributed by atoms with Gasteiger partial charge in [0.25, 0.3) is 5.56 Å². The summed E-state index contributed by atoms with van der Waals surface area (Å²) >= 11 is 5.04. The first kappa shape index (κ1) is 16.5. The maximum absolute atomic E-state index is 12.2. The average Bonchev–Trinajstić information content (AvgIpc) is 2.51. The van der Waals surface area contributed by atoms with Gasteiger partial charge in [-0.1, -0.05) is 38.5 Å². The van der Waals surface area contributed by atoms with Crippen LogP contribution in [0, 0.1) is 4.77 Å². The second-order valence-corrected chi connectivity index (χ2v) is 5.61. The summed E-state index contributed by atoms with van der Waals surface area (Å²) in [6, 6.07) is 7.87. The molecule has 0 aliphatic heterocycles. The lowest BCUT2D eigenvalue weighted by molar-refractivity contribution is 0.306. The number of nitrogens with one attached hydrogen (secondary N) is 2. The van der Waals surface area contributed by atoms with Gasteiger partial charge in [0, 0.05) is 17.7 Å². The minimum absolute atomic E-state index is 0.121. The van der Waals surface area contributed by atoms with Gasteiger partial charge in [-0.25, -0.2) is 0 Å². The highest BCUT2D eigenvalue weighted by Gasteiger charge is 2.11. The first-order valence-corrected chi connectivity index (χ1v) is 8.11. The maximum Gasteiger partial charge on any atom is 0.255 e. The Kier molecular flexibility index (Phi) is 5.95. The van der Waals surface area contributed by atoms with Crippen LogP contribution in [0.4, 0.5) is 0 Å². The summed E-state index contributed by atoms with van der Waals surface area (Å²) in [6.45, 7) is 4.84. The third kappa shape index (κ3) is 4.07. The Labute approximate surface area is 135 Å². The van der Waals surface area contributed by atoms with E-state index in [-0.39, 0.29) is 5.56 Å². The van der Waals surface area contributed by atoms with Crippen molar-refractivity contribution < 1.29 is 4.74 Å². The molecule has 0 saturated heterocycles. The van der Waals surface area contributed by atoms with E-state index < -0.39 is 0 Å². The second-order valence-electron chi connectivity index (χ2n) is 5.21. The van der Waals surface area contributed by atoms with Crippen molar-refractivity contribution in [3.8, 4) is 5.75 Å². The molecule has 0 aliphatic carbocycles. The van der Waals surface area contributed by atoms with Crippen LogP contribution in [-0.2, 0) is 12.8 Å². The lowest BCUT2D eigenvalue weighted by Gasteiger charge is -2.12. The zero-order valence-electron chi connectivity index (χ0n) is 13.1. The summed E-state index contributed by atoms with van der Waals surface area (Å²) in [6.07, 6.45) is 3.39. The molecule has 2 N–H and O–H groups in total. The van der Waals surface area contributed by atoms with Gasteiger partial charge in [-0.3, -0.25) is 9.78 Å². The number of para-hydroxylation sites is 1. The fourth-order valence-electron chi connectivity index (χ4n) is 2.36. The van der Waals surface area contributed by atoms with Gasteiger partial charge < -0.3 is 9.72 Å². The third-order valence-electron chi connectivity index (χ3n) is 3.58. The minimum Gasteiger partial charge on any atom is -0.493 e. The van der Waals surface area contributed by atoms with Gasteiger partial charge in [0.15, 0.2) is 4.77 Å². The predicted octanol–water partition coefficient (Wildman–Crippen LogP) is 3.76. The smallest absolute Gasteiger partial charge is 0.255 e. The van der Waals surface area contributed by atoms with Crippen molar-refractivity contribution in [2.75, 3.05) is 6.61 Å². The van der Waals surface area contributed by atoms with Crippen molar-refractivity contribution in [3.05, 3.63) is 56.2 Å². The molecule has 2 rings (SSSR count). The van der Waals surface area contributed by atoms with E-state index in [0.717, 1.165) is 41.8 Å². The zero-order chi connectivity index (χ0) is 15.9. The van der Waals surface area contributed by atoms with E-state index in [9.17, 15) is 4.79 Å². The van der Waals surface area contributed by atoms with Crippen molar-refractivity contribution in [2.24, 2.45) is 0 Å². The van der Waals surface area contributed by atoms with Gasteiger partial charge >= 0.3 is 0 Å². The normalized spacial score (nSPS) is 10.6. The molecular weight excluding hydrogens is 296 g/mol. The van der Waals surface area contributed by atoms with Crippen LogP contribution in [0.15, 0.2) is 29.1 Å². The number of benzene rings is 1. The molecule has 4 nitrogen and oxygen atoms in total. The van der Waals surface area contributed by atoms with Crippen LogP contribution >= 0.6 is 12.2 Å². The first-order valence-electron chi connectivity index (χ1n) is 7.70. The molecule has 0 saturated carbocycles. The molecule has 0 aliphatic rings. The standard InChI is InChI=1S/C17H22N2O2S/c1-3-5-10-21-15-9-7-6-8-12(15)11-13-14(4-2)18-17(22)19-16(13)20/h6-9H,3-5,10-11H2,1-2H3,(H2,18,19,20,22). The highest BCUT2D eigenvalue weighted by atomic mass is 32.1. The van der Waals surface area contributed by atoms with Crippen molar-refractivity contribution in [1.29, 1.82) is 0 Å². The quantitative estimate of drug-likeness (QED) is 0.603. The van der Waals surface area contributed by atoms with Gasteiger partial charge in [-0.15, -0.1) is 0 Å². The molecule has 22 heavy (non-hydrogen) atoms. The summed E-state index contributed by atoms with van der Waals surface area (Å²) in [5.74, 6) is 0.847. The molecule has 118 valence electrons. The zero-order valence-corrected chi connectivity index (χ0v) is 13.9. The summed E-state index contributed by atoms with van der Waals surface area (Å²) < 4.78 is 6.22. The Morgan fingerprint density at radius 1 is 1.18 bits per heavy atom. The van der Waals surface area contributed by atoms with E-state index in [2.05, 4.69) is 16.9 Å². The molecule has 0 unspecified atom stereocenters. The van der Waals surface area contributed by atoms with Crippen LogP contribution in [0.5, 0.6) is 5.75 Å². The molecule has 0 amide bonds. The number of rotatable bonds is 7. The van der Waals surface area contributed by atoms with Crippen LogP contribution in [0.25, 0.3) is 0 Å². The first-order chi connectivity index (χ1) is 10.7. The van der Waals surface area contributed by atoms with E-state index in [1.165, 1.54) is 0 Å². The lowest BCUT2D eigenvalue weighted by atomic mass is 10.0. The average molecular weight is 318 g/mol. The van der Waals surface area contributed by atoms with Gasteiger partial charge in [-0.2, -0.15) is 0 Å². The van der Waals surface area contributed by atoms with Crippen LogP contribution in [0.3, 0.4) is 0 Å². The monoisotopic (exact) mass is 318 g/mol. The van der Waals surface area contributed by atoms with Gasteiger partial charge in [-0.05, 0) is 36.7 Å². The van der Waals surface area contributed by atoms with Crippen molar-refractivity contribution in [1.82, 2.24) is 9.97 Å². The molecule has 0 radical (unpaired) electrons. The van der Waals surface area contributed by atoms with Crippen LogP contribution in [0.1, 0.15) is 43.5 Å². The summed E-state index contributed by atoms with van der Waals surface area (Å²) in [4.78, 5) is 18.0. The maximum atomic E-state index is 12.2. The number of hydrogen-bond donors (Lipinski definition) is 2. The SMILES string of the molecule is CCCCOc1ccccc1Cc1c(CC)[nH]c(=S)[nH]c1=O. The fraction of sp³-hybridized carbons (Fsp3) is 0.412. The van der Waals surface area contributed by atoms with Gasteiger partial charge in [0.1, 0.15) is 5.75 Å². The number of ether oxygens (including phenoxy) is 1. The number of aromatic amines is 2. The topological polar surface area (TPSA) is 57.9 Å². The largest absolute Gasteiger partial charge is 0.493 e. The summed E-state index contributed by atoms with van der Waals surface area (Å²) in [5, 5.41) is 0. The molecule has 0 spiro atoms. The number of unbranched alkanes of at least 4 members (excludes halogenated alkanes) is 1. The van der Waals surface area contributed by atoms with Crippen molar-refractivity contribution in [3.63, 3.8) is 0 Å². The second kappa shape index (κ2) is 7.94. The number of aromatic nitrogens is 2. The highest BCUT2D eigenvalue weighted by molar-refractivity contribution is 7.71.